The number of hydrogen-bond acceptors (Lipinski definition) is 6. The number of nitrogens with zero attached hydrogens (tertiary/aromatic N) is 1. The van der Waals surface area contributed by atoms with E-state index in [1.807, 2.05) is 31.3 Å². The summed E-state index contributed by atoms with van der Waals surface area (Å²) in [5, 5.41) is 4.08. The molecular formula is C34H43ClN2O4. The molecule has 1 fully saturated rings. The van der Waals surface area contributed by atoms with Crippen LogP contribution in [0.2, 0.25) is 5.02 Å². The Kier molecular flexibility index (Phi) is 10.9. The number of aryl methyl sites for hydroxylation is 3. The van der Waals surface area contributed by atoms with Crippen molar-refractivity contribution in [3.05, 3.63) is 81.4 Å². The van der Waals surface area contributed by atoms with Crippen LogP contribution in [0.3, 0.4) is 0 Å². The van der Waals surface area contributed by atoms with E-state index >= 15 is 0 Å². The van der Waals surface area contributed by atoms with Gasteiger partial charge in [-0.05, 0) is 103 Å². The van der Waals surface area contributed by atoms with Gasteiger partial charge in [-0.2, -0.15) is 0 Å². The predicted octanol–water partition coefficient (Wildman–Crippen LogP) is 7.75. The Labute approximate surface area is 249 Å². The first-order chi connectivity index (χ1) is 19.9. The van der Waals surface area contributed by atoms with E-state index in [2.05, 4.69) is 62.2 Å². The van der Waals surface area contributed by atoms with Gasteiger partial charge in [-0.1, -0.05) is 44.5 Å². The lowest BCUT2D eigenvalue weighted by molar-refractivity contribution is -0.109. The monoisotopic (exact) mass is 578 g/mol. The van der Waals surface area contributed by atoms with E-state index in [0.717, 1.165) is 67.4 Å². The average Bonchev–Trinajstić information content (AvgIpc) is 3.62. The molecule has 0 spiro atoms. The molecule has 2 aliphatic rings. The molecule has 6 nitrogen and oxygen atoms in total. The first kappa shape index (κ1) is 30.7. The Morgan fingerprint density at radius 2 is 1.68 bits per heavy atom. The maximum Gasteiger partial charge on any atom is 0.231 e. The van der Waals surface area contributed by atoms with Crippen LogP contribution >= 0.6 is 11.6 Å². The highest BCUT2D eigenvalue weighted by Crippen LogP contribution is 2.44. The Morgan fingerprint density at radius 3 is 2.27 bits per heavy atom. The van der Waals surface area contributed by atoms with Crippen LogP contribution in [0.25, 0.3) is 0 Å². The zero-order valence-electron chi connectivity index (χ0n) is 25.0. The van der Waals surface area contributed by atoms with E-state index in [1.165, 1.54) is 33.5 Å². The van der Waals surface area contributed by atoms with Gasteiger partial charge in [0.1, 0.15) is 12.0 Å². The standard InChI is InChI=1S/C23H27NO4.C11H16ClN/c1-3-10-26-19-6-4-17(5-7-19)21-12-18(14-24(21)8-9-25)20-13-23-22(11-16(20)2)27-15-28-23;1-4-8-6-10(12)7-9(5-2)11(8)13-3/h4-7,9,11,13,18,21H,3,8,10,12,14-15H2,1-2H3;6-7,13H,4-5H2,1-3H3/t18-,21-;/m1./s1. The summed E-state index contributed by atoms with van der Waals surface area (Å²) >= 11 is 6.01. The molecule has 0 saturated carbocycles. The molecule has 0 bridgehead atoms. The number of anilines is 1. The summed E-state index contributed by atoms with van der Waals surface area (Å²) in [6.07, 6.45) is 5.01. The number of ether oxygens (including phenoxy) is 3. The highest BCUT2D eigenvalue weighted by molar-refractivity contribution is 6.30. The molecule has 220 valence electrons. The van der Waals surface area contributed by atoms with Crippen LogP contribution in [0, 0.1) is 6.92 Å². The molecule has 2 atom stereocenters. The quantitative estimate of drug-likeness (QED) is 0.248. The molecule has 0 aliphatic carbocycles. The second-order valence-electron chi connectivity index (χ2n) is 10.6. The third kappa shape index (κ3) is 7.35. The van der Waals surface area contributed by atoms with E-state index < -0.39 is 0 Å². The van der Waals surface area contributed by atoms with Crippen molar-refractivity contribution in [1.29, 1.82) is 0 Å². The Bertz CT molecular complexity index is 1290. The molecule has 7 heteroatoms. The molecule has 1 N–H and O–H groups in total. The van der Waals surface area contributed by atoms with Gasteiger partial charge >= 0.3 is 0 Å². The number of carbonyl (C=O) groups is 1. The van der Waals surface area contributed by atoms with E-state index in [4.69, 9.17) is 25.8 Å². The zero-order chi connectivity index (χ0) is 29.4. The SMILES string of the molecule is CCCOc1ccc([C@H]2C[C@@H](c3cc4c(cc3C)OCO4)CN2CC=O)cc1.CCc1cc(Cl)cc(CC)c1NC. The summed E-state index contributed by atoms with van der Waals surface area (Å²) in [6, 6.07) is 16.8. The summed E-state index contributed by atoms with van der Waals surface area (Å²) in [5.41, 5.74) is 7.56. The van der Waals surface area contributed by atoms with Crippen molar-refractivity contribution in [1.82, 2.24) is 4.90 Å². The van der Waals surface area contributed by atoms with Gasteiger partial charge in [-0.3, -0.25) is 4.90 Å². The van der Waals surface area contributed by atoms with E-state index in [9.17, 15) is 4.79 Å². The predicted molar refractivity (Wildman–Crippen MR) is 167 cm³/mol. The third-order valence-electron chi connectivity index (χ3n) is 7.93. The van der Waals surface area contributed by atoms with Crippen molar-refractivity contribution in [3.8, 4) is 17.2 Å². The van der Waals surface area contributed by atoms with Crippen LogP contribution in [-0.2, 0) is 17.6 Å². The number of aldehydes is 1. The van der Waals surface area contributed by atoms with Crippen molar-refractivity contribution in [3.63, 3.8) is 0 Å². The molecular weight excluding hydrogens is 536 g/mol. The van der Waals surface area contributed by atoms with Crippen LogP contribution in [0.5, 0.6) is 17.2 Å². The van der Waals surface area contributed by atoms with Crippen LogP contribution in [0.1, 0.15) is 73.4 Å². The van der Waals surface area contributed by atoms with E-state index in [0.29, 0.717) is 12.5 Å². The topological polar surface area (TPSA) is 60.0 Å². The Balaban J connectivity index is 0.000000251. The van der Waals surface area contributed by atoms with Gasteiger partial charge in [0.15, 0.2) is 11.5 Å². The van der Waals surface area contributed by atoms with Crippen molar-refractivity contribution in [2.45, 2.75) is 65.3 Å². The van der Waals surface area contributed by atoms with Crippen molar-refractivity contribution in [2.75, 3.05) is 38.9 Å². The van der Waals surface area contributed by atoms with Gasteiger partial charge in [0.05, 0.1) is 13.2 Å². The van der Waals surface area contributed by atoms with Gasteiger partial charge in [0.2, 0.25) is 6.79 Å². The maximum atomic E-state index is 11.3. The van der Waals surface area contributed by atoms with Gasteiger partial charge in [0, 0.05) is 30.3 Å². The molecule has 2 aliphatic heterocycles. The number of carbonyl (C=O) groups excluding carboxylic acids is 1. The lowest BCUT2D eigenvalue weighted by Crippen LogP contribution is -2.25. The van der Waals surface area contributed by atoms with Crippen LogP contribution in [-0.4, -0.2) is 44.7 Å². The first-order valence-electron chi connectivity index (χ1n) is 14.7. The molecule has 0 unspecified atom stereocenters. The van der Waals surface area contributed by atoms with E-state index in [1.54, 1.807) is 0 Å². The minimum absolute atomic E-state index is 0.222. The fourth-order valence-electron chi connectivity index (χ4n) is 5.88. The summed E-state index contributed by atoms with van der Waals surface area (Å²) in [7, 11) is 1.96. The highest BCUT2D eigenvalue weighted by atomic mass is 35.5. The largest absolute Gasteiger partial charge is 0.494 e. The maximum absolute atomic E-state index is 11.3. The smallest absolute Gasteiger partial charge is 0.231 e. The molecule has 0 radical (unpaired) electrons. The summed E-state index contributed by atoms with van der Waals surface area (Å²) in [4.78, 5) is 13.5. The fourth-order valence-corrected chi connectivity index (χ4v) is 6.15. The molecule has 3 aromatic rings. The Morgan fingerprint density at radius 1 is 1.02 bits per heavy atom. The molecule has 41 heavy (non-hydrogen) atoms. The van der Waals surface area contributed by atoms with Crippen molar-refractivity contribution >= 4 is 23.6 Å². The number of rotatable bonds is 10. The van der Waals surface area contributed by atoms with Gasteiger partial charge in [0.25, 0.3) is 0 Å². The number of halogens is 1. The third-order valence-corrected chi connectivity index (χ3v) is 8.15. The number of hydrogen-bond donors (Lipinski definition) is 1. The van der Waals surface area contributed by atoms with Crippen molar-refractivity contribution in [2.24, 2.45) is 0 Å². The second-order valence-corrected chi connectivity index (χ2v) is 11.0. The van der Waals surface area contributed by atoms with Gasteiger partial charge in [-0.15, -0.1) is 0 Å². The van der Waals surface area contributed by atoms with Gasteiger partial charge < -0.3 is 24.3 Å². The lowest BCUT2D eigenvalue weighted by atomic mass is 9.90. The van der Waals surface area contributed by atoms with Crippen molar-refractivity contribution < 1.29 is 19.0 Å². The molecule has 2 heterocycles. The molecule has 3 aromatic carbocycles. The number of likely N-dealkylation sites (tertiary alicyclic amines) is 1. The van der Waals surface area contributed by atoms with E-state index in [-0.39, 0.29) is 12.8 Å². The molecule has 0 amide bonds. The minimum Gasteiger partial charge on any atom is -0.494 e. The zero-order valence-corrected chi connectivity index (χ0v) is 25.7. The number of benzene rings is 3. The normalized spacial score (nSPS) is 17.6. The minimum atomic E-state index is 0.222. The second kappa shape index (κ2) is 14.6. The molecule has 1 saturated heterocycles. The summed E-state index contributed by atoms with van der Waals surface area (Å²) in [5.74, 6) is 2.90. The number of fused-ring (bicyclic) bond motifs is 1. The summed E-state index contributed by atoms with van der Waals surface area (Å²) < 4.78 is 16.8. The van der Waals surface area contributed by atoms with Crippen LogP contribution in [0.4, 0.5) is 5.69 Å². The van der Waals surface area contributed by atoms with Gasteiger partial charge in [-0.25, -0.2) is 0 Å². The lowest BCUT2D eigenvalue weighted by Gasteiger charge is -2.22. The Hall–Kier alpha value is -3.22. The fraction of sp³-hybridized carbons (Fsp3) is 0.441. The number of nitrogens with one attached hydrogen (secondary N) is 1. The first-order valence-corrected chi connectivity index (χ1v) is 15.1. The highest BCUT2D eigenvalue weighted by Gasteiger charge is 2.35. The summed E-state index contributed by atoms with van der Waals surface area (Å²) in [6.45, 7) is 10.8. The average molecular weight is 579 g/mol. The molecule has 0 aromatic heterocycles. The molecule has 5 rings (SSSR count). The van der Waals surface area contributed by atoms with Crippen LogP contribution < -0.4 is 19.5 Å². The van der Waals surface area contributed by atoms with Crippen LogP contribution in [0.15, 0.2) is 48.5 Å².